The third kappa shape index (κ3) is 4.82. The van der Waals surface area contributed by atoms with Crippen molar-refractivity contribution in [3.05, 3.63) is 24.3 Å². The molecule has 0 aliphatic carbocycles. The van der Waals surface area contributed by atoms with Crippen LogP contribution in [-0.4, -0.2) is 33.7 Å². The number of hydrogen-bond acceptors (Lipinski definition) is 4. The van der Waals surface area contributed by atoms with E-state index in [9.17, 15) is 13.2 Å². The second kappa shape index (κ2) is 6.23. The predicted octanol–water partition coefficient (Wildman–Crippen LogP) is 0.996. The Labute approximate surface area is 119 Å². The monoisotopic (exact) mass is 297 g/mol. The van der Waals surface area contributed by atoms with Crippen LogP contribution in [0.1, 0.15) is 12.8 Å². The molecule has 1 aromatic rings. The van der Waals surface area contributed by atoms with Gasteiger partial charge in [0, 0.05) is 17.8 Å². The zero-order valence-electron chi connectivity index (χ0n) is 11.3. The van der Waals surface area contributed by atoms with Gasteiger partial charge < -0.3 is 10.6 Å². The predicted molar refractivity (Wildman–Crippen MR) is 79.1 cm³/mol. The van der Waals surface area contributed by atoms with Crippen molar-refractivity contribution in [2.75, 3.05) is 29.4 Å². The summed E-state index contributed by atoms with van der Waals surface area (Å²) in [5, 5.41) is 6.04. The maximum absolute atomic E-state index is 11.8. The van der Waals surface area contributed by atoms with Crippen LogP contribution in [0.15, 0.2) is 24.3 Å². The van der Waals surface area contributed by atoms with Gasteiger partial charge in [-0.05, 0) is 49.7 Å². The van der Waals surface area contributed by atoms with Gasteiger partial charge in [0.25, 0.3) is 0 Å². The Morgan fingerprint density at radius 3 is 2.50 bits per heavy atom. The molecule has 1 fully saturated rings. The number of amides is 1. The van der Waals surface area contributed by atoms with Crippen molar-refractivity contribution in [3.8, 4) is 0 Å². The lowest BCUT2D eigenvalue weighted by Crippen LogP contribution is -2.18. The van der Waals surface area contributed by atoms with Crippen LogP contribution in [0.4, 0.5) is 11.4 Å². The molecule has 1 unspecified atom stereocenters. The van der Waals surface area contributed by atoms with Crippen molar-refractivity contribution in [2.24, 2.45) is 5.92 Å². The maximum Gasteiger partial charge on any atom is 0.229 e. The molecule has 1 amide bonds. The lowest BCUT2D eigenvalue weighted by Gasteiger charge is -2.10. The summed E-state index contributed by atoms with van der Waals surface area (Å²) in [5.41, 5.74) is 1.14. The van der Waals surface area contributed by atoms with Crippen LogP contribution in [0, 0.1) is 5.92 Å². The summed E-state index contributed by atoms with van der Waals surface area (Å²) in [5.74, 6) is 0.392. The lowest BCUT2D eigenvalue weighted by atomic mass is 10.0. The minimum Gasteiger partial charge on any atom is -0.326 e. The first-order chi connectivity index (χ1) is 9.42. The molecule has 1 heterocycles. The van der Waals surface area contributed by atoms with Gasteiger partial charge in [-0.25, -0.2) is 8.42 Å². The van der Waals surface area contributed by atoms with Crippen molar-refractivity contribution < 1.29 is 13.2 Å². The third-order valence-corrected chi connectivity index (χ3v) is 3.71. The Morgan fingerprint density at radius 1 is 1.30 bits per heavy atom. The van der Waals surface area contributed by atoms with Crippen LogP contribution in [0.2, 0.25) is 0 Å². The Kier molecular flexibility index (Phi) is 4.61. The third-order valence-electron chi connectivity index (χ3n) is 3.11. The van der Waals surface area contributed by atoms with Crippen LogP contribution in [-0.2, 0) is 14.8 Å². The minimum absolute atomic E-state index is 0.0116. The lowest BCUT2D eigenvalue weighted by molar-refractivity contribution is -0.116. The van der Waals surface area contributed by atoms with Crippen molar-refractivity contribution in [2.45, 2.75) is 12.8 Å². The molecular formula is C13H19N3O3S. The van der Waals surface area contributed by atoms with E-state index in [2.05, 4.69) is 15.4 Å². The molecule has 1 saturated heterocycles. The average molecular weight is 297 g/mol. The molecule has 6 nitrogen and oxygen atoms in total. The number of nitrogens with one attached hydrogen (secondary N) is 3. The summed E-state index contributed by atoms with van der Waals surface area (Å²) >= 11 is 0. The number of carbonyl (C=O) groups excluding carboxylic acids is 1. The van der Waals surface area contributed by atoms with Crippen molar-refractivity contribution in [1.29, 1.82) is 0 Å². The van der Waals surface area contributed by atoms with Gasteiger partial charge in [-0.3, -0.25) is 9.52 Å². The second-order valence-corrected chi connectivity index (χ2v) is 6.81. The average Bonchev–Trinajstić information content (AvgIpc) is 2.82. The van der Waals surface area contributed by atoms with Crippen LogP contribution in [0.5, 0.6) is 0 Å². The summed E-state index contributed by atoms with van der Waals surface area (Å²) in [6.07, 6.45) is 2.64. The summed E-state index contributed by atoms with van der Waals surface area (Å²) in [4.78, 5) is 11.8. The summed E-state index contributed by atoms with van der Waals surface area (Å²) in [6, 6.07) is 6.60. The molecule has 2 rings (SSSR count). The van der Waals surface area contributed by atoms with Gasteiger partial charge >= 0.3 is 0 Å². The van der Waals surface area contributed by atoms with Crippen molar-refractivity contribution >= 4 is 27.3 Å². The van der Waals surface area contributed by atoms with Gasteiger partial charge in [0.05, 0.1) is 6.26 Å². The van der Waals surface area contributed by atoms with Crippen LogP contribution in [0.25, 0.3) is 0 Å². The fourth-order valence-electron chi connectivity index (χ4n) is 2.20. The molecule has 3 N–H and O–H groups in total. The summed E-state index contributed by atoms with van der Waals surface area (Å²) in [6.45, 7) is 1.87. The molecule has 0 aromatic heterocycles. The quantitative estimate of drug-likeness (QED) is 0.756. The fraction of sp³-hybridized carbons (Fsp3) is 0.462. The molecule has 0 spiro atoms. The van der Waals surface area contributed by atoms with Gasteiger partial charge in [-0.15, -0.1) is 0 Å². The second-order valence-electron chi connectivity index (χ2n) is 5.06. The minimum atomic E-state index is -3.27. The molecule has 7 heteroatoms. The van der Waals surface area contributed by atoms with Gasteiger partial charge in [0.2, 0.25) is 15.9 Å². The fourth-order valence-corrected chi connectivity index (χ4v) is 2.76. The van der Waals surface area contributed by atoms with E-state index in [0.717, 1.165) is 25.8 Å². The van der Waals surface area contributed by atoms with E-state index in [0.29, 0.717) is 23.7 Å². The highest BCUT2D eigenvalue weighted by Crippen LogP contribution is 2.17. The molecule has 0 radical (unpaired) electrons. The summed E-state index contributed by atoms with van der Waals surface area (Å²) in [7, 11) is -3.27. The maximum atomic E-state index is 11.8. The smallest absolute Gasteiger partial charge is 0.229 e. The van der Waals surface area contributed by atoms with E-state index in [-0.39, 0.29) is 5.91 Å². The normalized spacial score (nSPS) is 18.8. The van der Waals surface area contributed by atoms with Gasteiger partial charge in [-0.2, -0.15) is 0 Å². The largest absolute Gasteiger partial charge is 0.326 e. The number of sulfonamides is 1. The number of rotatable bonds is 5. The molecule has 1 aromatic carbocycles. The van der Waals surface area contributed by atoms with Crippen molar-refractivity contribution in [3.63, 3.8) is 0 Å². The highest BCUT2D eigenvalue weighted by molar-refractivity contribution is 7.92. The van der Waals surface area contributed by atoms with Crippen LogP contribution in [0.3, 0.4) is 0 Å². The zero-order chi connectivity index (χ0) is 14.6. The molecule has 1 aliphatic rings. The number of carbonyl (C=O) groups is 1. The summed E-state index contributed by atoms with van der Waals surface area (Å²) < 4.78 is 24.5. The molecule has 110 valence electrons. The van der Waals surface area contributed by atoms with E-state index >= 15 is 0 Å². The van der Waals surface area contributed by atoms with E-state index in [4.69, 9.17) is 0 Å². The van der Waals surface area contributed by atoms with Crippen LogP contribution < -0.4 is 15.4 Å². The molecule has 0 bridgehead atoms. The molecule has 1 atom stereocenters. The number of benzene rings is 1. The Morgan fingerprint density at radius 2 is 1.95 bits per heavy atom. The highest BCUT2D eigenvalue weighted by Gasteiger charge is 2.17. The highest BCUT2D eigenvalue weighted by atomic mass is 32.2. The zero-order valence-corrected chi connectivity index (χ0v) is 12.2. The van der Waals surface area contributed by atoms with Crippen LogP contribution >= 0.6 is 0 Å². The standard InChI is InChI=1S/C13H19N3O3S/c1-20(18,19)16-12-4-2-11(3-5-12)15-13(17)8-10-6-7-14-9-10/h2-5,10,14,16H,6-9H2,1H3,(H,15,17). The van der Waals surface area contributed by atoms with E-state index < -0.39 is 10.0 Å². The van der Waals surface area contributed by atoms with Gasteiger partial charge in [0.1, 0.15) is 0 Å². The first-order valence-corrected chi connectivity index (χ1v) is 8.40. The van der Waals surface area contributed by atoms with E-state index in [1.54, 1.807) is 24.3 Å². The van der Waals surface area contributed by atoms with Gasteiger partial charge in [-0.1, -0.05) is 0 Å². The topological polar surface area (TPSA) is 87.3 Å². The van der Waals surface area contributed by atoms with Gasteiger partial charge in [0.15, 0.2) is 0 Å². The Balaban J connectivity index is 1.88. The molecule has 1 aliphatic heterocycles. The SMILES string of the molecule is CS(=O)(=O)Nc1ccc(NC(=O)CC2CCNC2)cc1. The number of hydrogen-bond donors (Lipinski definition) is 3. The molecule has 20 heavy (non-hydrogen) atoms. The van der Waals surface area contributed by atoms with E-state index in [1.807, 2.05) is 0 Å². The first-order valence-electron chi connectivity index (χ1n) is 6.51. The Bertz CT molecular complexity index is 563. The van der Waals surface area contributed by atoms with E-state index in [1.165, 1.54) is 0 Å². The molecule has 0 saturated carbocycles. The van der Waals surface area contributed by atoms with Crippen molar-refractivity contribution in [1.82, 2.24) is 5.32 Å². The first kappa shape index (κ1) is 14.8. The Hall–Kier alpha value is -1.60. The molecular weight excluding hydrogens is 278 g/mol. The number of anilines is 2.